The standard InChI is InChI=1S/C13H13ClN4O2/c1-17-8-5-3-4-6-9(8)18(13(17)19)11-10(20-2)7-15-12(14)16-11/h3-7,13,19H,1-2H3. The first kappa shape index (κ1) is 13.0. The van der Waals surface area contributed by atoms with E-state index in [1.807, 2.05) is 24.3 Å². The molecular formula is C13H13ClN4O2. The molecule has 6 nitrogen and oxygen atoms in total. The highest BCUT2D eigenvalue weighted by atomic mass is 35.5. The van der Waals surface area contributed by atoms with E-state index in [0.717, 1.165) is 11.4 Å². The van der Waals surface area contributed by atoms with E-state index in [0.29, 0.717) is 11.6 Å². The summed E-state index contributed by atoms with van der Waals surface area (Å²) in [7, 11) is 3.33. The topological polar surface area (TPSA) is 61.7 Å². The average Bonchev–Trinajstić information content (AvgIpc) is 2.71. The fraction of sp³-hybridized carbons (Fsp3) is 0.231. The molecule has 0 radical (unpaired) electrons. The second-order valence-electron chi connectivity index (χ2n) is 4.35. The second kappa shape index (κ2) is 4.81. The number of aromatic nitrogens is 2. The van der Waals surface area contributed by atoms with Crippen LogP contribution in [0.3, 0.4) is 0 Å². The summed E-state index contributed by atoms with van der Waals surface area (Å²) in [5, 5.41) is 10.5. The minimum absolute atomic E-state index is 0.0973. The number of hydrogen-bond donors (Lipinski definition) is 1. The molecule has 1 atom stereocenters. The van der Waals surface area contributed by atoms with Gasteiger partial charge < -0.3 is 14.7 Å². The van der Waals surface area contributed by atoms with E-state index in [2.05, 4.69) is 9.97 Å². The van der Waals surface area contributed by atoms with Gasteiger partial charge in [0.1, 0.15) is 0 Å². The fourth-order valence-electron chi connectivity index (χ4n) is 2.27. The van der Waals surface area contributed by atoms with Gasteiger partial charge in [-0.2, -0.15) is 4.98 Å². The molecule has 1 aliphatic heterocycles. The largest absolute Gasteiger partial charge is 0.491 e. The zero-order valence-electron chi connectivity index (χ0n) is 11.0. The number of fused-ring (bicyclic) bond motifs is 1. The number of rotatable bonds is 2. The van der Waals surface area contributed by atoms with Gasteiger partial charge >= 0.3 is 0 Å². The summed E-state index contributed by atoms with van der Waals surface area (Å²) in [4.78, 5) is 11.5. The lowest BCUT2D eigenvalue weighted by Crippen LogP contribution is -2.38. The Kier molecular flexibility index (Phi) is 3.11. The van der Waals surface area contributed by atoms with Crippen molar-refractivity contribution >= 4 is 28.8 Å². The first-order chi connectivity index (χ1) is 9.63. The maximum Gasteiger partial charge on any atom is 0.224 e. The number of methoxy groups -OCH3 is 1. The molecule has 1 aliphatic rings. The van der Waals surface area contributed by atoms with Gasteiger partial charge in [0.25, 0.3) is 0 Å². The number of benzene rings is 1. The maximum atomic E-state index is 10.4. The lowest BCUT2D eigenvalue weighted by atomic mass is 10.2. The lowest BCUT2D eigenvalue weighted by molar-refractivity contribution is 0.188. The van der Waals surface area contributed by atoms with Crippen molar-refractivity contribution in [2.24, 2.45) is 0 Å². The van der Waals surface area contributed by atoms with Gasteiger partial charge in [-0.25, -0.2) is 4.98 Å². The van der Waals surface area contributed by atoms with Gasteiger partial charge in [0, 0.05) is 7.05 Å². The van der Waals surface area contributed by atoms with Crippen molar-refractivity contribution in [3.8, 4) is 5.75 Å². The third-order valence-electron chi connectivity index (χ3n) is 3.25. The number of nitrogens with zero attached hydrogens (tertiary/aromatic N) is 4. The molecular weight excluding hydrogens is 280 g/mol. The number of anilines is 3. The van der Waals surface area contributed by atoms with Crippen LogP contribution in [0.15, 0.2) is 30.5 Å². The normalized spacial score (nSPS) is 17.3. The molecule has 104 valence electrons. The minimum atomic E-state index is -0.882. The SMILES string of the molecule is COc1cnc(Cl)nc1N1c2ccccc2N(C)C1O. The Morgan fingerprint density at radius 1 is 1.30 bits per heavy atom. The lowest BCUT2D eigenvalue weighted by Gasteiger charge is -2.26. The molecule has 0 amide bonds. The van der Waals surface area contributed by atoms with Crippen molar-refractivity contribution in [2.75, 3.05) is 24.0 Å². The molecule has 1 aromatic carbocycles. The molecule has 0 fully saturated rings. The average molecular weight is 293 g/mol. The number of aliphatic hydroxyl groups is 1. The van der Waals surface area contributed by atoms with Crippen LogP contribution in [0.1, 0.15) is 0 Å². The summed E-state index contributed by atoms with van der Waals surface area (Å²) < 4.78 is 5.26. The zero-order chi connectivity index (χ0) is 14.3. The number of aliphatic hydroxyl groups excluding tert-OH is 1. The van der Waals surface area contributed by atoms with Crippen molar-refractivity contribution in [1.82, 2.24) is 9.97 Å². The predicted molar refractivity (Wildman–Crippen MR) is 76.6 cm³/mol. The van der Waals surface area contributed by atoms with Crippen LogP contribution < -0.4 is 14.5 Å². The van der Waals surface area contributed by atoms with Crippen LogP contribution in [0.5, 0.6) is 5.75 Å². The Labute approximate surface area is 121 Å². The number of para-hydroxylation sites is 2. The third kappa shape index (κ3) is 1.85. The summed E-state index contributed by atoms with van der Waals surface area (Å²) >= 11 is 5.86. The van der Waals surface area contributed by atoms with E-state index < -0.39 is 6.35 Å². The van der Waals surface area contributed by atoms with Gasteiger partial charge in [0.05, 0.1) is 24.7 Å². The second-order valence-corrected chi connectivity index (χ2v) is 4.69. The van der Waals surface area contributed by atoms with Crippen molar-refractivity contribution in [2.45, 2.75) is 6.35 Å². The Morgan fingerprint density at radius 2 is 2.00 bits per heavy atom. The van der Waals surface area contributed by atoms with Gasteiger partial charge in [-0.1, -0.05) is 12.1 Å². The summed E-state index contributed by atoms with van der Waals surface area (Å²) in [6.07, 6.45) is 0.602. The van der Waals surface area contributed by atoms with Crippen molar-refractivity contribution < 1.29 is 9.84 Å². The van der Waals surface area contributed by atoms with Gasteiger partial charge in [0.15, 0.2) is 11.6 Å². The molecule has 0 saturated carbocycles. The smallest absolute Gasteiger partial charge is 0.224 e. The fourth-order valence-corrected chi connectivity index (χ4v) is 2.40. The third-order valence-corrected chi connectivity index (χ3v) is 3.44. The Hall–Kier alpha value is -2.05. The first-order valence-corrected chi connectivity index (χ1v) is 6.37. The molecule has 0 aliphatic carbocycles. The van der Waals surface area contributed by atoms with Crippen LogP contribution in [0.4, 0.5) is 17.2 Å². The predicted octanol–water partition coefficient (Wildman–Crippen LogP) is 2.00. The van der Waals surface area contributed by atoms with Crippen LogP contribution in [0.2, 0.25) is 5.28 Å². The number of halogens is 1. The summed E-state index contributed by atoms with van der Waals surface area (Å²) in [6.45, 7) is 0. The van der Waals surface area contributed by atoms with Gasteiger partial charge in [-0.05, 0) is 23.7 Å². The van der Waals surface area contributed by atoms with Crippen molar-refractivity contribution in [1.29, 1.82) is 0 Å². The molecule has 1 unspecified atom stereocenters. The van der Waals surface area contributed by atoms with Gasteiger partial charge in [-0.3, -0.25) is 4.90 Å². The summed E-state index contributed by atoms with van der Waals surface area (Å²) in [5.41, 5.74) is 1.73. The van der Waals surface area contributed by atoms with E-state index >= 15 is 0 Å². The summed E-state index contributed by atoms with van der Waals surface area (Å²) in [5.74, 6) is 0.871. The molecule has 1 aromatic heterocycles. The molecule has 0 bridgehead atoms. The van der Waals surface area contributed by atoms with Crippen LogP contribution in [-0.2, 0) is 0 Å². The molecule has 20 heavy (non-hydrogen) atoms. The van der Waals surface area contributed by atoms with Gasteiger partial charge in [0.2, 0.25) is 11.6 Å². The van der Waals surface area contributed by atoms with Crippen LogP contribution >= 0.6 is 11.6 Å². The monoisotopic (exact) mass is 292 g/mol. The molecule has 0 saturated heterocycles. The Bertz CT molecular complexity index is 652. The molecule has 1 N–H and O–H groups in total. The first-order valence-electron chi connectivity index (χ1n) is 5.99. The summed E-state index contributed by atoms with van der Waals surface area (Å²) in [6, 6.07) is 7.63. The molecule has 7 heteroatoms. The quantitative estimate of drug-likeness (QED) is 0.854. The molecule has 2 aromatic rings. The van der Waals surface area contributed by atoms with E-state index in [1.54, 1.807) is 16.8 Å². The van der Waals surface area contributed by atoms with E-state index in [-0.39, 0.29) is 5.28 Å². The molecule has 0 spiro atoms. The van der Waals surface area contributed by atoms with Crippen LogP contribution in [-0.4, -0.2) is 35.6 Å². The van der Waals surface area contributed by atoms with E-state index in [1.165, 1.54) is 13.3 Å². The van der Waals surface area contributed by atoms with E-state index in [9.17, 15) is 5.11 Å². The van der Waals surface area contributed by atoms with Crippen LogP contribution in [0.25, 0.3) is 0 Å². The minimum Gasteiger partial charge on any atom is -0.491 e. The van der Waals surface area contributed by atoms with Crippen LogP contribution in [0, 0.1) is 0 Å². The molecule has 3 rings (SSSR count). The maximum absolute atomic E-state index is 10.4. The van der Waals surface area contributed by atoms with Gasteiger partial charge in [-0.15, -0.1) is 0 Å². The molecule has 2 heterocycles. The Morgan fingerprint density at radius 3 is 2.70 bits per heavy atom. The Balaban J connectivity index is 2.18. The van der Waals surface area contributed by atoms with E-state index in [4.69, 9.17) is 16.3 Å². The number of hydrogen-bond acceptors (Lipinski definition) is 6. The van der Waals surface area contributed by atoms with Crippen molar-refractivity contribution in [3.05, 3.63) is 35.7 Å². The number of ether oxygens (including phenoxy) is 1. The highest BCUT2D eigenvalue weighted by molar-refractivity contribution is 6.28. The van der Waals surface area contributed by atoms with Crippen molar-refractivity contribution in [3.63, 3.8) is 0 Å². The zero-order valence-corrected chi connectivity index (χ0v) is 11.7. The highest BCUT2D eigenvalue weighted by Crippen LogP contribution is 2.44. The highest BCUT2D eigenvalue weighted by Gasteiger charge is 2.35.